The van der Waals surface area contributed by atoms with Crippen LogP contribution >= 0.6 is 0 Å². The minimum absolute atomic E-state index is 0.168. The average molecular weight is 280 g/mol. The van der Waals surface area contributed by atoms with E-state index in [0.29, 0.717) is 5.41 Å². The molecule has 0 aromatic carbocycles. The summed E-state index contributed by atoms with van der Waals surface area (Å²) in [4.78, 5) is 0. The molecule has 20 heavy (non-hydrogen) atoms. The normalized spacial score (nSPS) is 39.8. The molecule has 0 amide bonds. The second-order valence-corrected chi connectivity index (χ2v) is 8.41. The van der Waals surface area contributed by atoms with E-state index in [1.807, 2.05) is 0 Å². The lowest BCUT2D eigenvalue weighted by atomic mass is 9.58. The molecule has 0 radical (unpaired) electrons. The highest BCUT2D eigenvalue weighted by Crippen LogP contribution is 2.49. The predicted octanol–water partition coefficient (Wildman–Crippen LogP) is 5.53. The van der Waals surface area contributed by atoms with Crippen molar-refractivity contribution in [2.75, 3.05) is 0 Å². The second-order valence-electron chi connectivity index (χ2n) is 8.41. The van der Waals surface area contributed by atoms with Crippen LogP contribution in [0.15, 0.2) is 0 Å². The van der Waals surface area contributed by atoms with Gasteiger partial charge in [0.25, 0.3) is 0 Å². The van der Waals surface area contributed by atoms with Crippen LogP contribution in [0, 0.1) is 23.2 Å². The molecule has 0 spiro atoms. The lowest BCUT2D eigenvalue weighted by molar-refractivity contribution is 0.0486. The third kappa shape index (κ3) is 3.24. The molecule has 2 aliphatic rings. The lowest BCUT2D eigenvalue weighted by Gasteiger charge is -2.50. The van der Waals surface area contributed by atoms with Gasteiger partial charge in [0.2, 0.25) is 0 Å². The Morgan fingerprint density at radius 1 is 1.00 bits per heavy atom. The highest BCUT2D eigenvalue weighted by Gasteiger charge is 2.44. The molecule has 0 heterocycles. The van der Waals surface area contributed by atoms with Crippen molar-refractivity contribution in [3.8, 4) is 0 Å². The van der Waals surface area contributed by atoms with Gasteiger partial charge >= 0.3 is 0 Å². The molecule has 2 atom stereocenters. The molecule has 118 valence electrons. The highest BCUT2D eigenvalue weighted by molar-refractivity contribution is 5.00. The van der Waals surface area contributed by atoms with Gasteiger partial charge in [0.15, 0.2) is 0 Å². The molecule has 2 rings (SSSR count). The Morgan fingerprint density at radius 2 is 1.60 bits per heavy atom. The van der Waals surface area contributed by atoms with Gasteiger partial charge in [0.05, 0.1) is 0 Å². The van der Waals surface area contributed by atoms with Crippen LogP contribution in [0.2, 0.25) is 0 Å². The van der Waals surface area contributed by atoms with Gasteiger partial charge in [-0.1, -0.05) is 59.8 Å². The zero-order valence-electron chi connectivity index (χ0n) is 14.4. The summed E-state index contributed by atoms with van der Waals surface area (Å²) < 4.78 is 0. The third-order valence-electron chi connectivity index (χ3n) is 7.10. The van der Waals surface area contributed by atoms with Crippen LogP contribution in [0.3, 0.4) is 0 Å². The Labute approximate surface area is 127 Å². The van der Waals surface area contributed by atoms with Gasteiger partial charge in [0.1, 0.15) is 0 Å². The summed E-state index contributed by atoms with van der Waals surface area (Å²) in [5, 5.41) is 0. The van der Waals surface area contributed by atoms with Crippen molar-refractivity contribution in [3.05, 3.63) is 0 Å². The molecule has 0 saturated heterocycles. The van der Waals surface area contributed by atoms with Crippen molar-refractivity contribution in [1.29, 1.82) is 0 Å². The van der Waals surface area contributed by atoms with Gasteiger partial charge in [-0.05, 0) is 55.3 Å². The van der Waals surface area contributed by atoms with Gasteiger partial charge in [-0.3, -0.25) is 0 Å². The maximum atomic E-state index is 6.95. The van der Waals surface area contributed by atoms with Gasteiger partial charge in [-0.25, -0.2) is 0 Å². The largest absolute Gasteiger partial charge is 0.325 e. The summed E-state index contributed by atoms with van der Waals surface area (Å²) in [6.45, 7) is 9.63. The molecule has 0 aromatic heterocycles. The predicted molar refractivity (Wildman–Crippen MR) is 88.7 cm³/mol. The Balaban J connectivity index is 2.00. The minimum atomic E-state index is 0.168. The fraction of sp³-hybridized carbons (Fsp3) is 1.00. The van der Waals surface area contributed by atoms with Crippen LogP contribution < -0.4 is 5.73 Å². The van der Waals surface area contributed by atoms with Gasteiger partial charge in [0, 0.05) is 5.54 Å². The van der Waals surface area contributed by atoms with Crippen molar-refractivity contribution in [2.24, 2.45) is 28.9 Å². The zero-order valence-corrected chi connectivity index (χ0v) is 14.4. The molecule has 2 saturated carbocycles. The van der Waals surface area contributed by atoms with E-state index in [1.54, 1.807) is 0 Å². The van der Waals surface area contributed by atoms with E-state index in [1.165, 1.54) is 64.2 Å². The first kappa shape index (κ1) is 16.3. The first-order valence-electron chi connectivity index (χ1n) is 9.22. The summed E-state index contributed by atoms with van der Waals surface area (Å²) in [6.07, 6.45) is 13.6. The summed E-state index contributed by atoms with van der Waals surface area (Å²) >= 11 is 0. The summed E-state index contributed by atoms with van der Waals surface area (Å²) in [6, 6.07) is 0. The van der Waals surface area contributed by atoms with Crippen LogP contribution in [0.5, 0.6) is 0 Å². The van der Waals surface area contributed by atoms with E-state index >= 15 is 0 Å². The number of hydrogen-bond donors (Lipinski definition) is 1. The van der Waals surface area contributed by atoms with E-state index in [2.05, 4.69) is 27.7 Å². The van der Waals surface area contributed by atoms with Gasteiger partial charge in [-0.15, -0.1) is 0 Å². The lowest BCUT2D eigenvalue weighted by Crippen LogP contribution is -2.53. The van der Waals surface area contributed by atoms with Crippen molar-refractivity contribution >= 4 is 0 Å². The first-order chi connectivity index (χ1) is 9.43. The molecular formula is C19H37N. The topological polar surface area (TPSA) is 26.0 Å². The van der Waals surface area contributed by atoms with E-state index in [-0.39, 0.29) is 5.54 Å². The number of nitrogens with two attached hydrogens (primary N) is 1. The quantitative estimate of drug-likeness (QED) is 0.719. The minimum Gasteiger partial charge on any atom is -0.325 e. The monoisotopic (exact) mass is 279 g/mol. The van der Waals surface area contributed by atoms with E-state index < -0.39 is 0 Å². The summed E-state index contributed by atoms with van der Waals surface area (Å²) in [5.74, 6) is 2.62. The fourth-order valence-electron chi connectivity index (χ4n) is 5.05. The zero-order chi connectivity index (χ0) is 14.8. The molecule has 1 heteroatoms. The fourth-order valence-corrected chi connectivity index (χ4v) is 5.05. The maximum absolute atomic E-state index is 6.95. The second kappa shape index (κ2) is 6.38. The Morgan fingerprint density at radius 3 is 2.15 bits per heavy atom. The highest BCUT2D eigenvalue weighted by atomic mass is 14.8. The third-order valence-corrected chi connectivity index (χ3v) is 7.10. The summed E-state index contributed by atoms with van der Waals surface area (Å²) in [5.41, 5.74) is 7.63. The van der Waals surface area contributed by atoms with Crippen molar-refractivity contribution in [3.63, 3.8) is 0 Å². The maximum Gasteiger partial charge on any atom is 0.0185 e. The van der Waals surface area contributed by atoms with Crippen LogP contribution in [0.25, 0.3) is 0 Å². The molecule has 0 aliphatic heterocycles. The van der Waals surface area contributed by atoms with Crippen LogP contribution in [0.4, 0.5) is 0 Å². The van der Waals surface area contributed by atoms with Crippen molar-refractivity contribution < 1.29 is 0 Å². The standard InChI is InChI=1S/C19H37N/c1-5-15-9-7-8-10-17(15)19(20)13-11-16(12-14-19)18(3,4)6-2/h15-17H,5-14,20H2,1-4H3. The van der Waals surface area contributed by atoms with Gasteiger partial charge < -0.3 is 5.73 Å². The van der Waals surface area contributed by atoms with Crippen molar-refractivity contribution in [2.45, 2.75) is 97.4 Å². The number of hydrogen-bond acceptors (Lipinski definition) is 1. The molecular weight excluding hydrogens is 242 g/mol. The van der Waals surface area contributed by atoms with Crippen molar-refractivity contribution in [1.82, 2.24) is 0 Å². The first-order valence-corrected chi connectivity index (χ1v) is 9.22. The molecule has 2 N–H and O–H groups in total. The van der Waals surface area contributed by atoms with E-state index in [4.69, 9.17) is 5.73 Å². The molecule has 1 nitrogen and oxygen atoms in total. The number of rotatable bonds is 4. The van der Waals surface area contributed by atoms with Crippen LogP contribution in [-0.2, 0) is 0 Å². The molecule has 2 unspecified atom stereocenters. The Bertz CT molecular complexity index is 299. The molecule has 0 bridgehead atoms. The molecule has 2 aliphatic carbocycles. The molecule has 2 fully saturated rings. The Kier molecular flexibility index (Phi) is 5.21. The van der Waals surface area contributed by atoms with E-state index in [9.17, 15) is 0 Å². The molecule has 0 aromatic rings. The average Bonchev–Trinajstić information content (AvgIpc) is 2.47. The van der Waals surface area contributed by atoms with Crippen LogP contribution in [-0.4, -0.2) is 5.54 Å². The van der Waals surface area contributed by atoms with Gasteiger partial charge in [-0.2, -0.15) is 0 Å². The summed E-state index contributed by atoms with van der Waals surface area (Å²) in [7, 11) is 0. The smallest absolute Gasteiger partial charge is 0.0185 e. The Hall–Kier alpha value is -0.0400. The van der Waals surface area contributed by atoms with E-state index in [0.717, 1.165) is 17.8 Å². The van der Waals surface area contributed by atoms with Crippen LogP contribution in [0.1, 0.15) is 91.9 Å². The SMILES string of the molecule is CCC1CCCCC1C1(N)CCC(C(C)(C)CC)CC1.